The Kier molecular flexibility index (Phi) is 6.58. The van der Waals surface area contributed by atoms with Gasteiger partial charge >= 0.3 is 0 Å². The van der Waals surface area contributed by atoms with Gasteiger partial charge in [0.15, 0.2) is 5.69 Å². The average Bonchev–Trinajstić information content (AvgIpc) is 3.16. The summed E-state index contributed by atoms with van der Waals surface area (Å²) in [5.74, 6) is 1.12. The molecule has 1 amide bonds. The third-order valence-electron chi connectivity index (χ3n) is 4.62. The highest BCUT2D eigenvalue weighted by atomic mass is 35.5. The van der Waals surface area contributed by atoms with Crippen LogP contribution in [0, 0.1) is 0 Å². The van der Waals surface area contributed by atoms with Crippen molar-refractivity contribution in [1.29, 1.82) is 0 Å². The number of aromatic amines is 1. The second-order valence-corrected chi connectivity index (χ2v) is 6.87. The molecule has 2 heterocycles. The number of carbonyl (C=O) groups excluding carboxylic acids is 1. The quantitative estimate of drug-likeness (QED) is 0.781. The predicted molar refractivity (Wildman–Crippen MR) is 101 cm³/mol. The van der Waals surface area contributed by atoms with Crippen molar-refractivity contribution in [2.24, 2.45) is 0 Å². The molecular weight excluding hydrogens is 370 g/mol. The van der Waals surface area contributed by atoms with Crippen LogP contribution in [0.25, 0.3) is 0 Å². The molecular formula is C19H24ClN3O4. The Labute approximate surface area is 163 Å². The second-order valence-electron chi connectivity index (χ2n) is 6.47. The molecule has 0 spiro atoms. The molecule has 3 rings (SSSR count). The van der Waals surface area contributed by atoms with Crippen LogP contribution in [0.1, 0.15) is 35.4 Å². The van der Waals surface area contributed by atoms with Gasteiger partial charge in [-0.1, -0.05) is 11.6 Å². The second kappa shape index (κ2) is 9.10. The van der Waals surface area contributed by atoms with Crippen molar-refractivity contribution in [3.8, 4) is 11.5 Å². The summed E-state index contributed by atoms with van der Waals surface area (Å²) in [6.45, 7) is 1.50. The summed E-state index contributed by atoms with van der Waals surface area (Å²) in [6, 6.07) is 7.02. The van der Waals surface area contributed by atoms with Crippen LogP contribution < -0.4 is 9.47 Å². The minimum absolute atomic E-state index is 0.0817. The van der Waals surface area contributed by atoms with E-state index in [1.807, 2.05) is 4.90 Å². The molecule has 1 aromatic carbocycles. The van der Waals surface area contributed by atoms with Crippen LogP contribution in [0.4, 0.5) is 0 Å². The fourth-order valence-electron chi connectivity index (χ4n) is 3.21. The van der Waals surface area contributed by atoms with Gasteiger partial charge in [0.05, 0.1) is 30.5 Å². The van der Waals surface area contributed by atoms with E-state index in [1.165, 1.54) is 0 Å². The third-order valence-corrected chi connectivity index (χ3v) is 4.91. The van der Waals surface area contributed by atoms with Crippen molar-refractivity contribution < 1.29 is 19.0 Å². The van der Waals surface area contributed by atoms with Gasteiger partial charge in [0, 0.05) is 19.7 Å². The fourth-order valence-corrected chi connectivity index (χ4v) is 3.43. The Balaban J connectivity index is 1.63. The van der Waals surface area contributed by atoms with Crippen molar-refractivity contribution in [2.75, 3.05) is 27.4 Å². The molecule has 0 saturated carbocycles. The summed E-state index contributed by atoms with van der Waals surface area (Å²) in [6.07, 6.45) is 3.07. The van der Waals surface area contributed by atoms with Gasteiger partial charge in [-0.3, -0.25) is 9.89 Å². The van der Waals surface area contributed by atoms with E-state index in [2.05, 4.69) is 10.2 Å². The Morgan fingerprint density at radius 2 is 2.19 bits per heavy atom. The largest absolute Gasteiger partial charge is 0.497 e. The van der Waals surface area contributed by atoms with Crippen molar-refractivity contribution >= 4 is 17.5 Å². The first-order valence-electron chi connectivity index (χ1n) is 8.93. The van der Waals surface area contributed by atoms with Crippen LogP contribution in [0.3, 0.4) is 0 Å². The van der Waals surface area contributed by atoms with Gasteiger partial charge in [0.2, 0.25) is 0 Å². The van der Waals surface area contributed by atoms with Crippen LogP contribution in [-0.4, -0.2) is 54.4 Å². The summed E-state index contributed by atoms with van der Waals surface area (Å²) in [5, 5.41) is 7.48. The van der Waals surface area contributed by atoms with E-state index in [4.69, 9.17) is 25.8 Å². The normalized spacial score (nSPS) is 17.0. The Bertz CT molecular complexity index is 778. The number of hydrogen-bond acceptors (Lipinski definition) is 5. The summed E-state index contributed by atoms with van der Waals surface area (Å²) in [7, 11) is 3.24. The van der Waals surface area contributed by atoms with E-state index < -0.39 is 0 Å². The minimum Gasteiger partial charge on any atom is -0.497 e. The number of benzene rings is 1. The maximum Gasteiger partial charge on any atom is 0.274 e. The van der Waals surface area contributed by atoms with Gasteiger partial charge in [0.25, 0.3) is 5.91 Å². The number of hydrogen-bond donors (Lipinski definition) is 1. The number of halogens is 1. The van der Waals surface area contributed by atoms with Gasteiger partial charge in [-0.15, -0.1) is 0 Å². The Morgan fingerprint density at radius 1 is 1.33 bits per heavy atom. The fraction of sp³-hybridized carbons (Fsp3) is 0.474. The van der Waals surface area contributed by atoms with Crippen molar-refractivity contribution in [3.63, 3.8) is 0 Å². The standard InChI is InChI=1S/C19H24ClN3O4/c1-25-12-14-5-3-4-8-23(14)19(24)17-9-13(21-22-17)11-27-18-7-6-15(26-2)10-16(18)20/h6-7,9-10,14H,3-5,8,11-12H2,1-2H3,(H,21,22). The molecule has 1 N–H and O–H groups in total. The van der Waals surface area contributed by atoms with Gasteiger partial charge in [-0.05, 0) is 37.5 Å². The van der Waals surface area contributed by atoms with E-state index in [0.29, 0.717) is 34.5 Å². The van der Waals surface area contributed by atoms with Crippen LogP contribution in [0.2, 0.25) is 5.02 Å². The summed E-state index contributed by atoms with van der Waals surface area (Å²) in [4.78, 5) is 14.7. The number of nitrogens with zero attached hydrogens (tertiary/aromatic N) is 2. The Morgan fingerprint density at radius 3 is 2.93 bits per heavy atom. The van der Waals surface area contributed by atoms with Crippen molar-refractivity contribution in [2.45, 2.75) is 31.9 Å². The summed E-state index contributed by atoms with van der Waals surface area (Å²) < 4.78 is 16.1. The van der Waals surface area contributed by atoms with E-state index in [1.54, 1.807) is 38.5 Å². The molecule has 1 fully saturated rings. The molecule has 0 bridgehead atoms. The van der Waals surface area contributed by atoms with Crippen LogP contribution in [0.5, 0.6) is 11.5 Å². The zero-order chi connectivity index (χ0) is 19.2. The molecule has 0 aliphatic carbocycles. The lowest BCUT2D eigenvalue weighted by Gasteiger charge is -2.34. The number of nitrogens with one attached hydrogen (secondary N) is 1. The third kappa shape index (κ3) is 4.73. The van der Waals surface area contributed by atoms with Gasteiger partial charge in [-0.25, -0.2) is 0 Å². The SMILES string of the molecule is COCC1CCCCN1C(=O)c1cc(COc2ccc(OC)cc2Cl)[nH]n1. The van der Waals surface area contributed by atoms with E-state index in [-0.39, 0.29) is 18.6 Å². The molecule has 8 heteroatoms. The number of rotatable bonds is 7. The van der Waals surface area contributed by atoms with Crippen LogP contribution in [0.15, 0.2) is 24.3 Å². The number of H-pyrrole nitrogens is 1. The van der Waals surface area contributed by atoms with E-state index in [0.717, 1.165) is 25.8 Å². The maximum absolute atomic E-state index is 12.8. The van der Waals surface area contributed by atoms with Crippen molar-refractivity contribution in [3.05, 3.63) is 40.7 Å². The first kappa shape index (κ1) is 19.5. The van der Waals surface area contributed by atoms with Gasteiger partial charge in [0.1, 0.15) is 18.1 Å². The maximum atomic E-state index is 12.8. The van der Waals surface area contributed by atoms with Gasteiger partial charge < -0.3 is 19.1 Å². The van der Waals surface area contributed by atoms with Crippen molar-refractivity contribution in [1.82, 2.24) is 15.1 Å². The van der Waals surface area contributed by atoms with Crippen LogP contribution in [-0.2, 0) is 11.3 Å². The lowest BCUT2D eigenvalue weighted by Crippen LogP contribution is -2.46. The molecule has 7 nitrogen and oxygen atoms in total. The molecule has 0 radical (unpaired) electrons. The molecule has 2 aromatic rings. The number of piperidine rings is 1. The lowest BCUT2D eigenvalue weighted by molar-refractivity contribution is 0.0423. The van der Waals surface area contributed by atoms with Crippen LogP contribution >= 0.6 is 11.6 Å². The molecule has 27 heavy (non-hydrogen) atoms. The number of amides is 1. The Hall–Kier alpha value is -2.25. The zero-order valence-corrected chi connectivity index (χ0v) is 16.3. The first-order valence-corrected chi connectivity index (χ1v) is 9.30. The molecule has 1 atom stereocenters. The number of methoxy groups -OCH3 is 2. The highest BCUT2D eigenvalue weighted by Crippen LogP contribution is 2.29. The highest BCUT2D eigenvalue weighted by molar-refractivity contribution is 6.32. The number of carbonyl (C=O) groups is 1. The molecule has 1 saturated heterocycles. The minimum atomic E-state index is -0.0817. The van der Waals surface area contributed by atoms with E-state index >= 15 is 0 Å². The molecule has 1 aliphatic heterocycles. The monoisotopic (exact) mass is 393 g/mol. The summed E-state index contributed by atoms with van der Waals surface area (Å²) >= 11 is 6.17. The van der Waals surface area contributed by atoms with E-state index in [9.17, 15) is 4.79 Å². The molecule has 146 valence electrons. The topological polar surface area (TPSA) is 76.7 Å². The first-order chi connectivity index (χ1) is 13.1. The smallest absolute Gasteiger partial charge is 0.274 e. The summed E-state index contributed by atoms with van der Waals surface area (Å²) in [5.41, 5.74) is 1.09. The molecule has 1 aromatic heterocycles. The number of aromatic nitrogens is 2. The molecule has 1 unspecified atom stereocenters. The lowest BCUT2D eigenvalue weighted by atomic mass is 10.0. The molecule has 1 aliphatic rings. The van der Waals surface area contributed by atoms with Gasteiger partial charge in [-0.2, -0.15) is 5.10 Å². The zero-order valence-electron chi connectivity index (χ0n) is 15.5. The number of ether oxygens (including phenoxy) is 3. The predicted octanol–water partition coefficient (Wildman–Crippen LogP) is 3.29. The highest BCUT2D eigenvalue weighted by Gasteiger charge is 2.28. The number of likely N-dealkylation sites (tertiary alicyclic amines) is 1. The average molecular weight is 394 g/mol.